The first-order valence-corrected chi connectivity index (χ1v) is 7.11. The number of carbonyl (C=O) groups is 3. The topological polar surface area (TPSA) is 101 Å². The smallest absolute Gasteiger partial charge is 0.306 e. The molecule has 6 nitrogen and oxygen atoms in total. The largest absolute Gasteiger partial charge is 0.481 e. The molecule has 0 aliphatic heterocycles. The zero-order valence-electron chi connectivity index (χ0n) is 12.2. The Kier molecular flexibility index (Phi) is 5.98. The van der Waals surface area contributed by atoms with Crippen LogP contribution in [-0.4, -0.2) is 40.9 Å². The molecule has 1 aliphatic carbocycles. The first-order valence-electron chi connectivity index (χ1n) is 7.11. The Labute approximate surface area is 119 Å². The molecule has 0 aromatic carbocycles. The summed E-state index contributed by atoms with van der Waals surface area (Å²) in [7, 11) is 0. The summed E-state index contributed by atoms with van der Waals surface area (Å²) in [5.41, 5.74) is 5.18. The Balaban J connectivity index is 2.72. The Bertz CT molecular complexity index is 381. The maximum absolute atomic E-state index is 12.5. The van der Waals surface area contributed by atoms with E-state index in [0.29, 0.717) is 25.8 Å². The second kappa shape index (κ2) is 7.26. The third-order valence-corrected chi connectivity index (χ3v) is 3.62. The average Bonchev–Trinajstić information content (AvgIpc) is 2.36. The molecule has 0 bridgehead atoms. The number of amides is 2. The lowest BCUT2D eigenvalue weighted by Gasteiger charge is -2.31. The molecule has 0 saturated heterocycles. The molecule has 0 heterocycles. The fraction of sp³-hybridized carbons (Fsp3) is 0.786. The first-order chi connectivity index (χ1) is 9.31. The summed E-state index contributed by atoms with van der Waals surface area (Å²) in [6.07, 6.45) is 2.41. The van der Waals surface area contributed by atoms with Crippen LogP contribution in [0.1, 0.15) is 39.5 Å². The van der Waals surface area contributed by atoms with Gasteiger partial charge in [-0.15, -0.1) is 0 Å². The fourth-order valence-electron chi connectivity index (χ4n) is 2.76. The second-order valence-electron chi connectivity index (χ2n) is 5.98. The van der Waals surface area contributed by atoms with Gasteiger partial charge in [0.1, 0.15) is 0 Å². The van der Waals surface area contributed by atoms with Gasteiger partial charge in [0.25, 0.3) is 0 Å². The minimum absolute atomic E-state index is 0.0920. The molecule has 1 aliphatic rings. The van der Waals surface area contributed by atoms with Gasteiger partial charge >= 0.3 is 5.97 Å². The van der Waals surface area contributed by atoms with Crippen LogP contribution in [0.5, 0.6) is 0 Å². The predicted molar refractivity (Wildman–Crippen MR) is 73.7 cm³/mol. The van der Waals surface area contributed by atoms with Gasteiger partial charge in [-0.2, -0.15) is 0 Å². The van der Waals surface area contributed by atoms with E-state index in [2.05, 4.69) is 0 Å². The van der Waals surface area contributed by atoms with Gasteiger partial charge in [0.15, 0.2) is 0 Å². The van der Waals surface area contributed by atoms with Crippen LogP contribution in [0.2, 0.25) is 0 Å². The van der Waals surface area contributed by atoms with Crippen LogP contribution in [0.3, 0.4) is 0 Å². The summed E-state index contributed by atoms with van der Waals surface area (Å²) in [6, 6.07) is 0. The van der Waals surface area contributed by atoms with Crippen LogP contribution in [0.15, 0.2) is 0 Å². The summed E-state index contributed by atoms with van der Waals surface area (Å²) in [6.45, 7) is 4.30. The molecule has 1 saturated carbocycles. The van der Waals surface area contributed by atoms with Gasteiger partial charge in [0.05, 0.1) is 12.5 Å². The van der Waals surface area contributed by atoms with Gasteiger partial charge in [0.2, 0.25) is 11.8 Å². The van der Waals surface area contributed by atoms with Crippen LogP contribution in [0.4, 0.5) is 0 Å². The van der Waals surface area contributed by atoms with E-state index in [9.17, 15) is 14.4 Å². The average molecular weight is 284 g/mol. The Hall–Kier alpha value is -1.59. The third kappa shape index (κ3) is 4.83. The Morgan fingerprint density at radius 2 is 1.85 bits per heavy atom. The van der Waals surface area contributed by atoms with Crippen molar-refractivity contribution in [3.8, 4) is 0 Å². The van der Waals surface area contributed by atoms with Crippen molar-refractivity contribution in [2.24, 2.45) is 23.5 Å². The van der Waals surface area contributed by atoms with E-state index in [1.807, 2.05) is 13.8 Å². The number of rotatable bonds is 6. The number of primary amides is 1. The monoisotopic (exact) mass is 284 g/mol. The van der Waals surface area contributed by atoms with Gasteiger partial charge in [-0.3, -0.25) is 14.4 Å². The Morgan fingerprint density at radius 1 is 1.25 bits per heavy atom. The van der Waals surface area contributed by atoms with Crippen molar-refractivity contribution in [2.75, 3.05) is 13.1 Å². The van der Waals surface area contributed by atoms with Crippen LogP contribution in [-0.2, 0) is 14.4 Å². The molecule has 1 rings (SSSR count). The molecule has 3 N–H and O–H groups in total. The number of nitrogens with zero attached hydrogens (tertiary/aromatic N) is 1. The summed E-state index contributed by atoms with van der Waals surface area (Å²) in [5, 5.41) is 9.07. The number of nitrogens with two attached hydrogens (primary N) is 1. The lowest BCUT2D eigenvalue weighted by molar-refractivity contribution is -0.146. The summed E-state index contributed by atoms with van der Waals surface area (Å²) >= 11 is 0. The molecule has 0 radical (unpaired) electrons. The van der Waals surface area contributed by atoms with Crippen LogP contribution >= 0.6 is 0 Å². The highest BCUT2D eigenvalue weighted by atomic mass is 16.4. The summed E-state index contributed by atoms with van der Waals surface area (Å²) in [4.78, 5) is 36.1. The minimum atomic E-state index is -0.840. The number of hydrogen-bond donors (Lipinski definition) is 2. The lowest BCUT2D eigenvalue weighted by atomic mass is 9.80. The van der Waals surface area contributed by atoms with Crippen LogP contribution in [0, 0.1) is 17.8 Å². The van der Waals surface area contributed by atoms with Gasteiger partial charge in [-0.1, -0.05) is 20.3 Å². The number of hydrogen-bond acceptors (Lipinski definition) is 3. The van der Waals surface area contributed by atoms with Crippen LogP contribution < -0.4 is 5.73 Å². The van der Waals surface area contributed by atoms with Crippen molar-refractivity contribution in [3.05, 3.63) is 0 Å². The van der Waals surface area contributed by atoms with E-state index < -0.39 is 17.8 Å². The van der Waals surface area contributed by atoms with Gasteiger partial charge in [0, 0.05) is 12.5 Å². The third-order valence-electron chi connectivity index (χ3n) is 3.62. The molecular formula is C14H24N2O4. The van der Waals surface area contributed by atoms with E-state index in [1.54, 1.807) is 0 Å². The zero-order valence-corrected chi connectivity index (χ0v) is 12.2. The molecule has 2 amide bonds. The number of carboxylic acids is 1. The van der Waals surface area contributed by atoms with E-state index in [0.717, 1.165) is 6.42 Å². The van der Waals surface area contributed by atoms with Crippen molar-refractivity contribution in [1.82, 2.24) is 4.90 Å². The zero-order chi connectivity index (χ0) is 15.3. The number of aliphatic carboxylic acids is 1. The number of carbonyl (C=O) groups excluding carboxylic acids is 2. The molecule has 0 aromatic rings. The van der Waals surface area contributed by atoms with Crippen molar-refractivity contribution in [3.63, 3.8) is 0 Å². The van der Waals surface area contributed by atoms with E-state index >= 15 is 0 Å². The predicted octanol–water partition coefficient (Wildman–Crippen LogP) is 0.847. The molecule has 0 spiro atoms. The highest BCUT2D eigenvalue weighted by Crippen LogP contribution is 2.30. The lowest BCUT2D eigenvalue weighted by Crippen LogP contribution is -2.44. The quantitative estimate of drug-likeness (QED) is 0.755. The minimum Gasteiger partial charge on any atom is -0.481 e. The van der Waals surface area contributed by atoms with Crippen LogP contribution in [0.25, 0.3) is 0 Å². The SMILES string of the molecule is CC(C)CN(CC(N)=O)C(=O)C1CCCC(C(=O)O)C1. The summed E-state index contributed by atoms with van der Waals surface area (Å²) in [5.74, 6) is -2.03. The van der Waals surface area contributed by atoms with Gasteiger partial charge in [-0.05, 0) is 25.2 Å². The maximum atomic E-state index is 12.5. The molecule has 6 heteroatoms. The standard InChI is InChI=1S/C14H24N2O4/c1-9(2)7-16(8-12(15)17)13(18)10-4-3-5-11(6-10)14(19)20/h9-11H,3-8H2,1-2H3,(H2,15,17)(H,19,20). The molecule has 0 aromatic heterocycles. The molecular weight excluding hydrogens is 260 g/mol. The molecule has 2 unspecified atom stereocenters. The normalized spacial score (nSPS) is 22.6. The Morgan fingerprint density at radius 3 is 2.35 bits per heavy atom. The fourth-order valence-corrected chi connectivity index (χ4v) is 2.76. The van der Waals surface area contributed by atoms with Crippen molar-refractivity contribution in [1.29, 1.82) is 0 Å². The molecule has 1 fully saturated rings. The van der Waals surface area contributed by atoms with Gasteiger partial charge in [-0.25, -0.2) is 0 Å². The van der Waals surface area contributed by atoms with E-state index in [1.165, 1.54) is 4.90 Å². The van der Waals surface area contributed by atoms with Crippen molar-refractivity contribution in [2.45, 2.75) is 39.5 Å². The second-order valence-corrected chi connectivity index (χ2v) is 5.98. The molecule has 20 heavy (non-hydrogen) atoms. The van der Waals surface area contributed by atoms with E-state index in [-0.39, 0.29) is 24.3 Å². The molecule has 2 atom stereocenters. The number of carboxylic acid groups (broad SMARTS) is 1. The van der Waals surface area contributed by atoms with E-state index in [4.69, 9.17) is 10.8 Å². The first kappa shape index (κ1) is 16.5. The highest BCUT2D eigenvalue weighted by molar-refractivity contribution is 5.85. The highest BCUT2D eigenvalue weighted by Gasteiger charge is 2.33. The summed E-state index contributed by atoms with van der Waals surface area (Å²) < 4.78 is 0. The van der Waals surface area contributed by atoms with Crippen molar-refractivity contribution >= 4 is 17.8 Å². The van der Waals surface area contributed by atoms with Gasteiger partial charge < -0.3 is 15.7 Å². The maximum Gasteiger partial charge on any atom is 0.306 e. The molecule has 114 valence electrons. The van der Waals surface area contributed by atoms with Crippen molar-refractivity contribution < 1.29 is 19.5 Å².